The van der Waals surface area contributed by atoms with E-state index in [1.807, 2.05) is 76.2 Å². The van der Waals surface area contributed by atoms with Crippen molar-refractivity contribution in [3.63, 3.8) is 0 Å². The van der Waals surface area contributed by atoms with Gasteiger partial charge in [0.05, 0.1) is 61.1 Å². The van der Waals surface area contributed by atoms with Gasteiger partial charge in [-0.05, 0) is 106 Å². The van der Waals surface area contributed by atoms with Gasteiger partial charge in [-0.1, -0.05) is 111 Å². The molecule has 89 heavy (non-hydrogen) atoms. The van der Waals surface area contributed by atoms with Gasteiger partial charge < -0.3 is 26.2 Å². The number of hydrogen-bond donors (Lipinski definition) is 5. The first-order chi connectivity index (χ1) is 42.1. The van der Waals surface area contributed by atoms with Crippen molar-refractivity contribution in [2.24, 2.45) is 0 Å². The zero-order chi connectivity index (χ0) is 65.6. The number of carbonyl (C=O) groups is 2. The summed E-state index contributed by atoms with van der Waals surface area (Å²) in [6.07, 6.45) is 10.3. The average Bonchev–Trinajstić information content (AvgIpc) is 2.94. The Hall–Kier alpha value is -9.67. The molecule has 4 aromatic heterocycles. The Morgan fingerprint density at radius 3 is 1.16 bits per heavy atom. The molecule has 0 aliphatic rings. The highest BCUT2D eigenvalue weighted by Gasteiger charge is 2.19. The van der Waals surface area contributed by atoms with Gasteiger partial charge in [0.15, 0.2) is 17.5 Å². The molecule has 10 aromatic rings. The number of aromatic nitrogens is 8. The van der Waals surface area contributed by atoms with Gasteiger partial charge in [-0.3, -0.25) is 25.0 Å². The largest absolute Gasteiger partial charge is 0.489 e. The summed E-state index contributed by atoms with van der Waals surface area (Å²) in [4.78, 5) is 72.8. The first-order valence-corrected chi connectivity index (χ1v) is 26.8. The molecule has 0 aliphatic heterocycles. The monoisotopic (exact) mass is 1310 g/mol. The summed E-state index contributed by atoms with van der Waals surface area (Å²) < 4.78 is 52.2. The predicted molar refractivity (Wildman–Crippen MR) is 330 cm³/mol. The van der Waals surface area contributed by atoms with E-state index in [0.717, 1.165) is 70.5 Å². The maximum atomic E-state index is 13.6. The maximum Gasteiger partial charge on any atom is 0.489 e. The number of nitrogens with one attached hydrogen (secondary N) is 1. The van der Waals surface area contributed by atoms with Crippen molar-refractivity contribution >= 4 is 105 Å². The number of carboxylic acid groups (broad SMARTS) is 1. The topological polar surface area (TPSA) is 322 Å². The molecular weight excluding hydrogens is 1270 g/mol. The Balaban J connectivity index is 0.000000201. The number of nitrogens with two attached hydrogens (primary N) is 1. The number of halogens is 9. The standard InChI is InChI=1S/C18H12ClF2N3O.C11H8ClN3O2.C11H10ClN3.C7H8BClO2.C7H4F2O2.C4H2ClN3O2/c1-10-5-6-13(19)12(7-10)17-22-8-11(9-23-17)24-18(25)16-14(20)3-2-4-15(16)21;1-7-2-3-10(12)9(4-7)11-13-5-8(6-14-11)15(16)17;1-7-2-3-10(12)9(4-7)11-14-5-8(13)6-15-11;1-5-2-3-7(9)6(4-5)8(10)11;8-4-2-1-3-5(9)6(4)7(10)11;5-4-6-1-3(2-7-4)8(9)10/h2-9H,1H3,(H,24,25);2-6H,1H3;2-6H,13H2,1H3;2-4,10-11H,1H3;1-3H,(H,10,11);1-2H. The molecule has 0 saturated carbocycles. The number of carbonyl (C=O) groups excluding carboxylic acids is 1. The van der Waals surface area contributed by atoms with E-state index in [0.29, 0.717) is 59.8 Å². The van der Waals surface area contributed by atoms with E-state index in [1.165, 1.54) is 30.9 Å². The molecule has 0 spiro atoms. The minimum absolute atomic E-state index is 0.00519. The number of benzene rings is 6. The number of rotatable bonds is 9. The zero-order valence-electron chi connectivity index (χ0n) is 46.3. The minimum atomic E-state index is -1.60. The quantitative estimate of drug-likeness (QED) is 0.0295. The smallest absolute Gasteiger partial charge is 0.477 e. The van der Waals surface area contributed by atoms with Gasteiger partial charge in [0.1, 0.15) is 59.2 Å². The number of nitrogen functional groups attached to an aromatic ring is 1. The molecule has 4 heterocycles. The molecule has 0 atom stereocenters. The molecule has 6 N–H and O–H groups in total. The molecule has 0 radical (unpaired) electrons. The summed E-state index contributed by atoms with van der Waals surface area (Å²) in [5.41, 5.74) is 11.0. The molecule has 0 fully saturated rings. The minimum Gasteiger partial charge on any atom is -0.477 e. The van der Waals surface area contributed by atoms with Gasteiger partial charge >= 0.3 is 24.5 Å². The van der Waals surface area contributed by atoms with Gasteiger partial charge in [-0.25, -0.2) is 62.2 Å². The zero-order valence-corrected chi connectivity index (χ0v) is 50.1. The van der Waals surface area contributed by atoms with E-state index in [4.69, 9.17) is 78.9 Å². The number of amides is 1. The molecule has 0 unspecified atom stereocenters. The third-order valence-corrected chi connectivity index (χ3v) is 12.7. The molecule has 31 heteroatoms. The van der Waals surface area contributed by atoms with Crippen molar-refractivity contribution < 1.29 is 52.2 Å². The Kier molecular flexibility index (Phi) is 26.4. The Labute approximate surface area is 528 Å². The highest BCUT2D eigenvalue weighted by Crippen LogP contribution is 2.29. The molecule has 0 saturated heterocycles. The van der Waals surface area contributed by atoms with Crippen LogP contribution in [-0.2, 0) is 0 Å². The molecular formula is C58H44BCl5F4N12O9. The normalized spacial score (nSPS) is 10.1. The SMILES string of the molecule is Cc1ccc(Cl)c(-c2ncc(N)cn2)c1.Cc1ccc(Cl)c(-c2ncc(NC(=O)c3c(F)cccc3F)cn2)c1.Cc1ccc(Cl)c(-c2ncc([N+](=O)[O-])cn2)c1.Cc1ccc(Cl)c(B(O)O)c1.O=C(O)c1c(F)cccc1F.O=[N+]([O-])c1cnc(Cl)nc1. The highest BCUT2D eigenvalue weighted by molar-refractivity contribution is 6.62. The van der Waals surface area contributed by atoms with Crippen LogP contribution in [0.25, 0.3) is 34.2 Å². The summed E-state index contributed by atoms with van der Waals surface area (Å²) in [5, 5.41) is 50.7. The van der Waals surface area contributed by atoms with Crippen LogP contribution >= 0.6 is 58.0 Å². The van der Waals surface area contributed by atoms with Crippen molar-refractivity contribution in [1.82, 2.24) is 39.9 Å². The van der Waals surface area contributed by atoms with Crippen LogP contribution in [0.2, 0.25) is 25.4 Å². The summed E-state index contributed by atoms with van der Waals surface area (Å²) in [6, 6.07) is 27.9. The highest BCUT2D eigenvalue weighted by atomic mass is 35.5. The van der Waals surface area contributed by atoms with E-state index >= 15 is 0 Å². The second-order valence-electron chi connectivity index (χ2n) is 17.9. The number of aryl methyl sites for hydroxylation is 4. The van der Waals surface area contributed by atoms with Crippen LogP contribution in [0, 0.1) is 71.2 Å². The van der Waals surface area contributed by atoms with Crippen LogP contribution in [0.4, 0.5) is 40.3 Å². The van der Waals surface area contributed by atoms with Gasteiger partial charge in [0.2, 0.25) is 5.28 Å². The number of carboxylic acids is 1. The molecule has 456 valence electrons. The van der Waals surface area contributed by atoms with Crippen LogP contribution in [0.15, 0.2) is 159 Å². The van der Waals surface area contributed by atoms with Gasteiger partial charge in [0, 0.05) is 27.2 Å². The van der Waals surface area contributed by atoms with E-state index in [9.17, 15) is 47.4 Å². The lowest BCUT2D eigenvalue weighted by atomic mass is 9.79. The lowest BCUT2D eigenvalue weighted by Crippen LogP contribution is -2.30. The number of aromatic carboxylic acids is 1. The summed E-state index contributed by atoms with van der Waals surface area (Å²) >= 11 is 29.2. The molecule has 0 aliphatic carbocycles. The lowest BCUT2D eigenvalue weighted by molar-refractivity contribution is -0.385. The van der Waals surface area contributed by atoms with Crippen molar-refractivity contribution in [3.8, 4) is 34.2 Å². The van der Waals surface area contributed by atoms with E-state index in [2.05, 4.69) is 45.2 Å². The van der Waals surface area contributed by atoms with Crippen molar-refractivity contribution in [2.45, 2.75) is 27.7 Å². The van der Waals surface area contributed by atoms with Crippen LogP contribution in [0.5, 0.6) is 0 Å². The van der Waals surface area contributed by atoms with Crippen LogP contribution in [0.1, 0.15) is 43.0 Å². The van der Waals surface area contributed by atoms with Gasteiger partial charge in [-0.15, -0.1) is 0 Å². The molecule has 0 bridgehead atoms. The van der Waals surface area contributed by atoms with Crippen LogP contribution in [-0.4, -0.2) is 83.9 Å². The predicted octanol–water partition coefficient (Wildman–Crippen LogP) is 13.4. The molecule has 6 aromatic carbocycles. The molecule has 1 amide bonds. The number of nitrogens with zero attached hydrogens (tertiary/aromatic N) is 10. The average molecular weight is 1320 g/mol. The van der Waals surface area contributed by atoms with Crippen molar-refractivity contribution in [2.75, 3.05) is 11.1 Å². The Bertz CT molecular complexity index is 4080. The molecule has 21 nitrogen and oxygen atoms in total. The fraction of sp³-hybridized carbons (Fsp3) is 0.0690. The maximum absolute atomic E-state index is 13.6. The summed E-state index contributed by atoms with van der Waals surface area (Å²) in [7, 11) is -1.48. The first-order valence-electron chi connectivity index (χ1n) is 25.0. The Morgan fingerprint density at radius 2 is 0.820 bits per heavy atom. The third-order valence-electron chi connectivity index (χ3n) is 11.1. The fourth-order valence-corrected chi connectivity index (χ4v) is 7.78. The van der Waals surface area contributed by atoms with Crippen LogP contribution in [0.3, 0.4) is 0 Å². The number of hydrogen-bond acceptors (Lipinski definition) is 17. The van der Waals surface area contributed by atoms with Gasteiger partial charge in [0.25, 0.3) is 5.91 Å². The summed E-state index contributed by atoms with van der Waals surface area (Å²) in [5.74, 6) is -5.16. The van der Waals surface area contributed by atoms with E-state index in [-0.39, 0.29) is 22.3 Å². The lowest BCUT2D eigenvalue weighted by Gasteiger charge is -2.08. The number of nitro groups is 2. The van der Waals surface area contributed by atoms with Crippen molar-refractivity contribution in [1.29, 1.82) is 0 Å². The first kappa shape index (κ1) is 70.1. The second kappa shape index (κ2) is 33.5. The van der Waals surface area contributed by atoms with Crippen molar-refractivity contribution in [3.05, 3.63) is 261 Å². The van der Waals surface area contributed by atoms with Gasteiger partial charge in [-0.2, -0.15) is 0 Å². The van der Waals surface area contributed by atoms with Crippen LogP contribution < -0.4 is 16.5 Å². The Morgan fingerprint density at radius 1 is 0.494 bits per heavy atom. The fourth-order valence-electron chi connectivity index (χ4n) is 6.87. The van der Waals surface area contributed by atoms with E-state index in [1.54, 1.807) is 36.7 Å². The number of anilines is 2. The molecule has 10 rings (SSSR count). The van der Waals surface area contributed by atoms with E-state index < -0.39 is 63.2 Å². The third kappa shape index (κ3) is 21.3. The summed E-state index contributed by atoms with van der Waals surface area (Å²) in [6.45, 7) is 7.70. The second-order valence-corrected chi connectivity index (χ2v) is 19.9.